The lowest BCUT2D eigenvalue weighted by Crippen LogP contribution is -1.71. The number of hydrogen-bond donors (Lipinski definition) is 0. The van der Waals surface area contributed by atoms with Gasteiger partial charge in [0.05, 0.1) is 0 Å². The topological polar surface area (TPSA) is 0 Å². The average Bonchev–Trinajstić information content (AvgIpc) is 2.05. The molecule has 0 heterocycles. The van der Waals surface area contributed by atoms with E-state index >= 15 is 0 Å². The van der Waals surface area contributed by atoms with Crippen LogP contribution in [0.1, 0.15) is 38.5 Å². The molecule has 1 aliphatic carbocycles. The summed E-state index contributed by atoms with van der Waals surface area (Å²) >= 11 is 0. The molecule has 1 aliphatic rings. The van der Waals surface area contributed by atoms with Crippen LogP contribution in [-0.2, 0) is 0 Å². The zero-order chi connectivity index (χ0) is 8.49. The van der Waals surface area contributed by atoms with Gasteiger partial charge in [-0.3, -0.25) is 0 Å². The maximum absolute atomic E-state index is 2.29. The predicted molar refractivity (Wildman–Crippen MR) is 55.1 cm³/mol. The van der Waals surface area contributed by atoms with Gasteiger partial charge in [0.2, 0.25) is 0 Å². The summed E-state index contributed by atoms with van der Waals surface area (Å²) in [6.45, 7) is 0. The lowest BCUT2D eigenvalue weighted by molar-refractivity contribution is 0.962. The monoisotopic (exact) mass is 162 g/mol. The molecule has 0 aromatic carbocycles. The summed E-state index contributed by atoms with van der Waals surface area (Å²) < 4.78 is 0. The maximum atomic E-state index is 2.29. The molecule has 0 N–H and O–H groups in total. The van der Waals surface area contributed by atoms with Crippen LogP contribution < -0.4 is 0 Å². The van der Waals surface area contributed by atoms with Crippen molar-refractivity contribution < 1.29 is 0 Å². The highest BCUT2D eigenvalue weighted by atomic mass is 13.9. The van der Waals surface area contributed by atoms with Crippen molar-refractivity contribution in [1.82, 2.24) is 0 Å². The molecule has 0 aromatic heterocycles. The normalized spacial score (nSPS) is 28.0. The van der Waals surface area contributed by atoms with Crippen molar-refractivity contribution in [3.05, 3.63) is 36.5 Å². The molecular weight excluding hydrogens is 144 g/mol. The third kappa shape index (κ3) is 4.95. The van der Waals surface area contributed by atoms with E-state index in [9.17, 15) is 0 Å². The number of rotatable bonds is 0. The van der Waals surface area contributed by atoms with Crippen LogP contribution in [0.5, 0.6) is 0 Å². The first kappa shape index (κ1) is 9.31. The molecule has 0 heteroatoms. The van der Waals surface area contributed by atoms with Crippen molar-refractivity contribution in [3.8, 4) is 0 Å². The first-order valence-corrected chi connectivity index (χ1v) is 4.95. The molecule has 0 radical (unpaired) electrons. The van der Waals surface area contributed by atoms with Crippen molar-refractivity contribution in [2.24, 2.45) is 0 Å². The van der Waals surface area contributed by atoms with Gasteiger partial charge in [0, 0.05) is 0 Å². The standard InChI is InChI=1S/C12H18/c1-2-4-6-8-10-12-11-9-7-5-3-1/h1-2,7-10H,3-6,11-12H2/b2-1-,9-7-,10-8-. The first-order valence-electron chi connectivity index (χ1n) is 4.95. The van der Waals surface area contributed by atoms with E-state index in [1.807, 2.05) is 0 Å². The summed E-state index contributed by atoms with van der Waals surface area (Å²) in [4.78, 5) is 0. The van der Waals surface area contributed by atoms with Crippen LogP contribution in [0, 0.1) is 0 Å². The summed E-state index contributed by atoms with van der Waals surface area (Å²) in [6, 6.07) is 0. The molecular formula is C12H18. The molecule has 0 amide bonds. The van der Waals surface area contributed by atoms with Crippen molar-refractivity contribution in [2.45, 2.75) is 38.5 Å². The maximum Gasteiger partial charge on any atom is -0.0316 e. The number of hydrogen-bond acceptors (Lipinski definition) is 0. The fourth-order valence-corrected chi connectivity index (χ4v) is 1.28. The minimum absolute atomic E-state index is 1.21. The Morgan fingerprint density at radius 2 is 0.500 bits per heavy atom. The van der Waals surface area contributed by atoms with E-state index in [0.29, 0.717) is 0 Å². The molecule has 66 valence electrons. The molecule has 0 aliphatic heterocycles. The van der Waals surface area contributed by atoms with Crippen molar-refractivity contribution in [1.29, 1.82) is 0 Å². The molecule has 0 bridgehead atoms. The van der Waals surface area contributed by atoms with Gasteiger partial charge in [-0.1, -0.05) is 36.5 Å². The molecule has 0 unspecified atom stereocenters. The largest absolute Gasteiger partial charge is 0.0882 e. The fraction of sp³-hybridized carbons (Fsp3) is 0.500. The first-order chi connectivity index (χ1) is 6.00. The van der Waals surface area contributed by atoms with Gasteiger partial charge in [-0.2, -0.15) is 0 Å². The van der Waals surface area contributed by atoms with Crippen molar-refractivity contribution in [3.63, 3.8) is 0 Å². The van der Waals surface area contributed by atoms with Crippen molar-refractivity contribution in [2.75, 3.05) is 0 Å². The minimum Gasteiger partial charge on any atom is -0.0882 e. The molecule has 0 saturated carbocycles. The van der Waals surface area contributed by atoms with Gasteiger partial charge in [0.1, 0.15) is 0 Å². The zero-order valence-electron chi connectivity index (χ0n) is 7.71. The smallest absolute Gasteiger partial charge is 0.0316 e. The van der Waals surface area contributed by atoms with Crippen LogP contribution in [0.3, 0.4) is 0 Å². The Bertz CT molecular complexity index is 121. The van der Waals surface area contributed by atoms with Crippen LogP contribution >= 0.6 is 0 Å². The second-order valence-electron chi connectivity index (χ2n) is 3.15. The summed E-state index contributed by atoms with van der Waals surface area (Å²) in [7, 11) is 0. The number of allylic oxidation sites excluding steroid dienone is 6. The molecule has 0 saturated heterocycles. The zero-order valence-corrected chi connectivity index (χ0v) is 7.71. The SMILES string of the molecule is C1=C\CC/C=C\CC/C=C\CC/1. The van der Waals surface area contributed by atoms with E-state index in [0.717, 1.165) is 0 Å². The molecule has 0 atom stereocenters. The molecule has 0 spiro atoms. The molecule has 12 heavy (non-hydrogen) atoms. The molecule has 0 aromatic rings. The third-order valence-corrected chi connectivity index (χ3v) is 2.00. The summed E-state index contributed by atoms with van der Waals surface area (Å²) in [5.41, 5.74) is 0. The van der Waals surface area contributed by atoms with Crippen LogP contribution in [0.4, 0.5) is 0 Å². The van der Waals surface area contributed by atoms with Crippen LogP contribution in [0.25, 0.3) is 0 Å². The van der Waals surface area contributed by atoms with Crippen LogP contribution in [-0.4, -0.2) is 0 Å². The van der Waals surface area contributed by atoms with Gasteiger partial charge < -0.3 is 0 Å². The quantitative estimate of drug-likeness (QED) is 0.472. The summed E-state index contributed by atoms with van der Waals surface area (Å²) in [6.07, 6.45) is 21.0. The van der Waals surface area contributed by atoms with E-state index in [1.165, 1.54) is 38.5 Å². The van der Waals surface area contributed by atoms with E-state index in [-0.39, 0.29) is 0 Å². The molecule has 0 nitrogen and oxygen atoms in total. The minimum atomic E-state index is 1.21. The summed E-state index contributed by atoms with van der Waals surface area (Å²) in [5.74, 6) is 0. The second-order valence-corrected chi connectivity index (χ2v) is 3.15. The van der Waals surface area contributed by atoms with E-state index in [4.69, 9.17) is 0 Å². The summed E-state index contributed by atoms with van der Waals surface area (Å²) in [5, 5.41) is 0. The van der Waals surface area contributed by atoms with Gasteiger partial charge in [-0.15, -0.1) is 0 Å². The van der Waals surface area contributed by atoms with Gasteiger partial charge in [0.25, 0.3) is 0 Å². The molecule has 0 fully saturated rings. The Balaban J connectivity index is 2.30. The van der Waals surface area contributed by atoms with Crippen LogP contribution in [0.2, 0.25) is 0 Å². The Hall–Kier alpha value is -0.780. The van der Waals surface area contributed by atoms with Gasteiger partial charge in [-0.25, -0.2) is 0 Å². The average molecular weight is 162 g/mol. The Morgan fingerprint density at radius 1 is 0.333 bits per heavy atom. The fourth-order valence-electron chi connectivity index (χ4n) is 1.28. The second kappa shape index (κ2) is 6.90. The lowest BCUT2D eigenvalue weighted by atomic mass is 10.1. The Labute approximate surface area is 75.7 Å². The van der Waals surface area contributed by atoms with Gasteiger partial charge in [0.15, 0.2) is 0 Å². The van der Waals surface area contributed by atoms with Gasteiger partial charge >= 0.3 is 0 Å². The third-order valence-electron chi connectivity index (χ3n) is 2.00. The van der Waals surface area contributed by atoms with Gasteiger partial charge in [-0.05, 0) is 38.5 Å². The highest BCUT2D eigenvalue weighted by Crippen LogP contribution is 2.02. The Morgan fingerprint density at radius 3 is 0.667 bits per heavy atom. The lowest BCUT2D eigenvalue weighted by Gasteiger charge is -1.92. The molecule has 1 rings (SSSR count). The highest BCUT2D eigenvalue weighted by Gasteiger charge is 1.82. The van der Waals surface area contributed by atoms with E-state index in [2.05, 4.69) is 36.5 Å². The van der Waals surface area contributed by atoms with Crippen molar-refractivity contribution >= 4 is 0 Å². The van der Waals surface area contributed by atoms with E-state index in [1.54, 1.807) is 0 Å². The predicted octanol–water partition coefficient (Wildman–Crippen LogP) is 4.01. The Kier molecular flexibility index (Phi) is 5.35. The van der Waals surface area contributed by atoms with Crippen LogP contribution in [0.15, 0.2) is 36.5 Å². The van der Waals surface area contributed by atoms with E-state index < -0.39 is 0 Å². The highest BCUT2D eigenvalue weighted by molar-refractivity contribution is 4.93.